The van der Waals surface area contributed by atoms with Gasteiger partial charge in [-0.25, -0.2) is 4.68 Å². The van der Waals surface area contributed by atoms with Gasteiger partial charge >= 0.3 is 0 Å². The molecule has 144 valence electrons. The highest BCUT2D eigenvalue weighted by atomic mass is 16.5. The molecule has 27 heavy (non-hydrogen) atoms. The normalized spacial score (nSPS) is 20.4. The Kier molecular flexibility index (Phi) is 4.44. The molecule has 1 unspecified atom stereocenters. The summed E-state index contributed by atoms with van der Waals surface area (Å²) in [5, 5.41) is 8.65. The number of piperidine rings is 1. The molecule has 0 radical (unpaired) electrons. The molecule has 1 aromatic carbocycles. The topological polar surface area (TPSA) is 60.2 Å². The highest BCUT2D eigenvalue weighted by molar-refractivity contribution is 5.94. The highest BCUT2D eigenvalue weighted by Crippen LogP contribution is 2.31. The van der Waals surface area contributed by atoms with Crippen molar-refractivity contribution in [3.63, 3.8) is 0 Å². The first-order chi connectivity index (χ1) is 12.8. The van der Waals surface area contributed by atoms with E-state index < -0.39 is 0 Å². The smallest absolute Gasteiger partial charge is 0.253 e. The molecule has 6 nitrogen and oxygen atoms in total. The van der Waals surface area contributed by atoms with Gasteiger partial charge in [-0.2, -0.15) is 0 Å². The summed E-state index contributed by atoms with van der Waals surface area (Å²) >= 11 is 0. The monoisotopic (exact) mass is 368 g/mol. The number of ether oxygens (including phenoxy) is 1. The molecule has 1 aromatic heterocycles. The lowest BCUT2D eigenvalue weighted by Gasteiger charge is -2.32. The minimum Gasteiger partial charge on any atom is -0.490 e. The van der Waals surface area contributed by atoms with Gasteiger partial charge in [-0.3, -0.25) is 4.79 Å². The van der Waals surface area contributed by atoms with Gasteiger partial charge in [0.25, 0.3) is 5.91 Å². The number of benzene rings is 1. The van der Waals surface area contributed by atoms with E-state index in [2.05, 4.69) is 44.2 Å². The molecular formula is C21H28N4O2. The van der Waals surface area contributed by atoms with Crippen molar-refractivity contribution in [1.82, 2.24) is 19.9 Å². The van der Waals surface area contributed by atoms with E-state index in [4.69, 9.17) is 4.74 Å². The van der Waals surface area contributed by atoms with Gasteiger partial charge in [0.15, 0.2) is 0 Å². The Morgan fingerprint density at radius 2 is 1.96 bits per heavy atom. The fourth-order valence-corrected chi connectivity index (χ4v) is 3.87. The first kappa shape index (κ1) is 18.0. The second kappa shape index (κ2) is 6.66. The van der Waals surface area contributed by atoms with E-state index in [-0.39, 0.29) is 17.4 Å². The number of hydrogen-bond acceptors (Lipinski definition) is 4. The summed E-state index contributed by atoms with van der Waals surface area (Å²) in [6.45, 7) is 9.99. The quantitative estimate of drug-likeness (QED) is 0.815. The van der Waals surface area contributed by atoms with Crippen molar-refractivity contribution in [1.29, 1.82) is 0 Å². The lowest BCUT2D eigenvalue weighted by Crippen LogP contribution is -2.39. The van der Waals surface area contributed by atoms with Crippen LogP contribution in [0.4, 0.5) is 0 Å². The Hall–Kier alpha value is -2.37. The number of carbonyl (C=O) groups excluding carboxylic acids is 1. The molecule has 6 heteroatoms. The predicted octanol–water partition coefficient (Wildman–Crippen LogP) is 3.38. The molecule has 1 amide bonds. The number of amides is 1. The lowest BCUT2D eigenvalue weighted by molar-refractivity contribution is 0.0689. The third-order valence-corrected chi connectivity index (χ3v) is 5.55. The standard InChI is InChI=1S/C21H28N4O2/c1-14-11-16-12-15(5-6-18(16)27-14)20(26)24-9-7-17(8-10-24)25-13-19(22-23-25)21(2,3)4/h5-6,12-14,17H,7-11H2,1-4H3. The maximum Gasteiger partial charge on any atom is 0.253 e. The van der Waals surface area contributed by atoms with Crippen molar-refractivity contribution in [2.75, 3.05) is 13.1 Å². The van der Waals surface area contributed by atoms with Gasteiger partial charge in [0, 0.05) is 36.7 Å². The average Bonchev–Trinajstić information content (AvgIpc) is 3.26. The van der Waals surface area contributed by atoms with Crippen LogP contribution in [0.15, 0.2) is 24.4 Å². The third kappa shape index (κ3) is 3.57. The number of rotatable bonds is 2. The summed E-state index contributed by atoms with van der Waals surface area (Å²) < 4.78 is 7.72. The molecule has 2 aliphatic rings. The number of likely N-dealkylation sites (tertiary alicyclic amines) is 1. The van der Waals surface area contributed by atoms with Crippen LogP contribution >= 0.6 is 0 Å². The van der Waals surface area contributed by atoms with Gasteiger partial charge in [-0.15, -0.1) is 5.10 Å². The van der Waals surface area contributed by atoms with Gasteiger partial charge in [-0.05, 0) is 43.5 Å². The largest absolute Gasteiger partial charge is 0.490 e. The summed E-state index contributed by atoms with van der Waals surface area (Å²) in [5.74, 6) is 1.03. The Balaban J connectivity index is 1.40. The molecule has 1 atom stereocenters. The summed E-state index contributed by atoms with van der Waals surface area (Å²) in [6.07, 6.45) is 4.94. The van der Waals surface area contributed by atoms with E-state index in [1.807, 2.05) is 27.8 Å². The summed E-state index contributed by atoms with van der Waals surface area (Å²) in [5.41, 5.74) is 2.92. The van der Waals surface area contributed by atoms with Crippen molar-refractivity contribution in [3.05, 3.63) is 41.2 Å². The molecule has 2 aromatic rings. The van der Waals surface area contributed by atoms with Gasteiger partial charge in [-0.1, -0.05) is 26.0 Å². The first-order valence-electron chi connectivity index (χ1n) is 9.82. The van der Waals surface area contributed by atoms with Crippen molar-refractivity contribution in [2.24, 2.45) is 0 Å². The molecule has 0 N–H and O–H groups in total. The number of aromatic nitrogens is 3. The van der Waals surface area contributed by atoms with Crippen LogP contribution < -0.4 is 4.74 Å². The zero-order valence-electron chi connectivity index (χ0n) is 16.6. The molecule has 3 heterocycles. The van der Waals surface area contributed by atoms with Gasteiger partial charge in [0.2, 0.25) is 0 Å². The highest BCUT2D eigenvalue weighted by Gasteiger charge is 2.28. The van der Waals surface area contributed by atoms with Gasteiger partial charge < -0.3 is 9.64 Å². The van der Waals surface area contributed by atoms with Crippen LogP contribution in [0.2, 0.25) is 0 Å². The van der Waals surface area contributed by atoms with Gasteiger partial charge in [0.1, 0.15) is 11.9 Å². The van der Waals surface area contributed by atoms with Crippen molar-refractivity contribution >= 4 is 5.91 Å². The second-order valence-electron chi connectivity index (χ2n) is 8.81. The molecule has 0 aliphatic carbocycles. The van der Waals surface area contributed by atoms with Crippen LogP contribution in [0.5, 0.6) is 5.75 Å². The molecule has 2 aliphatic heterocycles. The SMILES string of the molecule is CC1Cc2cc(C(=O)N3CCC(n4cc(C(C)(C)C)nn4)CC3)ccc2O1. The van der Waals surface area contributed by atoms with Crippen molar-refractivity contribution in [2.45, 2.75) is 64.5 Å². The van der Waals surface area contributed by atoms with Crippen LogP contribution in [-0.4, -0.2) is 45.0 Å². The summed E-state index contributed by atoms with van der Waals surface area (Å²) in [6, 6.07) is 6.13. The average molecular weight is 368 g/mol. The van der Waals surface area contributed by atoms with Crippen LogP contribution in [0.3, 0.4) is 0 Å². The lowest BCUT2D eigenvalue weighted by atomic mass is 9.93. The minimum absolute atomic E-state index is 0.00367. The fourth-order valence-electron chi connectivity index (χ4n) is 3.87. The Morgan fingerprint density at radius 1 is 1.22 bits per heavy atom. The molecule has 0 saturated carbocycles. The number of nitrogens with zero attached hydrogens (tertiary/aromatic N) is 4. The van der Waals surface area contributed by atoms with E-state index >= 15 is 0 Å². The molecule has 4 rings (SSSR count). The third-order valence-electron chi connectivity index (χ3n) is 5.55. The predicted molar refractivity (Wildman–Crippen MR) is 103 cm³/mol. The molecule has 1 saturated heterocycles. The summed E-state index contributed by atoms with van der Waals surface area (Å²) in [7, 11) is 0. The van der Waals surface area contributed by atoms with Crippen LogP contribution in [0.1, 0.15) is 68.2 Å². The van der Waals surface area contributed by atoms with Gasteiger partial charge in [0.05, 0.1) is 11.7 Å². The molecule has 0 bridgehead atoms. The Bertz CT molecular complexity index is 844. The zero-order chi connectivity index (χ0) is 19.2. The Labute approximate surface area is 160 Å². The van der Waals surface area contributed by atoms with Crippen LogP contribution in [-0.2, 0) is 11.8 Å². The fraction of sp³-hybridized carbons (Fsp3) is 0.571. The minimum atomic E-state index is 0.00367. The van der Waals surface area contributed by atoms with E-state index in [1.165, 1.54) is 0 Å². The van der Waals surface area contributed by atoms with Crippen molar-refractivity contribution < 1.29 is 9.53 Å². The van der Waals surface area contributed by atoms with E-state index in [0.29, 0.717) is 6.04 Å². The van der Waals surface area contributed by atoms with Crippen LogP contribution in [0, 0.1) is 0 Å². The molecule has 0 spiro atoms. The maximum absolute atomic E-state index is 12.9. The van der Waals surface area contributed by atoms with Crippen LogP contribution in [0.25, 0.3) is 0 Å². The molecular weight excluding hydrogens is 340 g/mol. The Morgan fingerprint density at radius 3 is 2.63 bits per heavy atom. The van der Waals surface area contributed by atoms with E-state index in [1.54, 1.807) is 0 Å². The summed E-state index contributed by atoms with van der Waals surface area (Å²) in [4.78, 5) is 14.9. The maximum atomic E-state index is 12.9. The molecule has 1 fully saturated rings. The second-order valence-corrected chi connectivity index (χ2v) is 8.81. The first-order valence-corrected chi connectivity index (χ1v) is 9.82. The van der Waals surface area contributed by atoms with Crippen molar-refractivity contribution in [3.8, 4) is 5.75 Å². The number of fused-ring (bicyclic) bond motifs is 1. The number of carbonyl (C=O) groups is 1. The van der Waals surface area contributed by atoms with E-state index in [9.17, 15) is 4.79 Å². The zero-order valence-corrected chi connectivity index (χ0v) is 16.6. The number of hydrogen-bond donors (Lipinski definition) is 0. The van der Waals surface area contributed by atoms with E-state index in [0.717, 1.165) is 54.9 Å².